The highest BCUT2D eigenvalue weighted by Crippen LogP contribution is 2.31. The number of ether oxygens (including phenoxy) is 1. The lowest BCUT2D eigenvalue weighted by atomic mass is 9.94. The van der Waals surface area contributed by atoms with Gasteiger partial charge in [-0.25, -0.2) is 4.79 Å². The van der Waals surface area contributed by atoms with Crippen LogP contribution in [0.15, 0.2) is 36.4 Å². The molecule has 0 bridgehead atoms. The maximum absolute atomic E-state index is 14.6. The fourth-order valence-electron chi connectivity index (χ4n) is 5.30. The van der Waals surface area contributed by atoms with Gasteiger partial charge in [-0.2, -0.15) is 11.8 Å². The van der Waals surface area contributed by atoms with Crippen molar-refractivity contribution in [3.63, 3.8) is 0 Å². The lowest BCUT2D eigenvalue weighted by molar-refractivity contribution is -0.141. The number of para-hydroxylation sites is 1. The van der Waals surface area contributed by atoms with Crippen LogP contribution in [0.25, 0.3) is 0 Å². The largest absolute Gasteiger partial charge is 0.444 e. The zero-order valence-corrected chi connectivity index (χ0v) is 29.3. The second-order valence-electron chi connectivity index (χ2n) is 12.7. The summed E-state index contributed by atoms with van der Waals surface area (Å²) in [6.07, 6.45) is 8.03. The van der Waals surface area contributed by atoms with Crippen LogP contribution in [-0.2, 0) is 14.3 Å². The summed E-state index contributed by atoms with van der Waals surface area (Å²) in [5.74, 6) is 0.122. The Hall–Kier alpha value is -3.00. The summed E-state index contributed by atoms with van der Waals surface area (Å²) in [6.45, 7) is 15.9. The number of anilines is 1. The van der Waals surface area contributed by atoms with Gasteiger partial charge in [-0.15, -0.1) is 0 Å². The first-order chi connectivity index (χ1) is 20.8. The topological polar surface area (TPSA) is 87.7 Å². The lowest BCUT2D eigenvalue weighted by Gasteiger charge is -2.35. The van der Waals surface area contributed by atoms with E-state index in [2.05, 4.69) is 17.6 Å². The number of aryl methyl sites for hydroxylation is 3. The minimum Gasteiger partial charge on any atom is -0.444 e. The van der Waals surface area contributed by atoms with Crippen molar-refractivity contribution in [2.45, 2.75) is 118 Å². The Labute approximate surface area is 270 Å². The van der Waals surface area contributed by atoms with Crippen LogP contribution in [0.2, 0.25) is 0 Å². The number of rotatable bonds is 16. The van der Waals surface area contributed by atoms with Gasteiger partial charge >= 0.3 is 6.09 Å². The molecular formula is C36H55N3O4S. The van der Waals surface area contributed by atoms with Gasteiger partial charge < -0.3 is 20.3 Å². The molecule has 2 atom stereocenters. The number of amides is 3. The van der Waals surface area contributed by atoms with Crippen molar-refractivity contribution in [1.82, 2.24) is 10.2 Å². The summed E-state index contributed by atoms with van der Waals surface area (Å²) in [6, 6.07) is 10.1. The van der Waals surface area contributed by atoms with Crippen molar-refractivity contribution >= 4 is 35.4 Å². The number of benzene rings is 2. The second kappa shape index (κ2) is 18.1. The number of unbranched alkanes of at least 4 members (excludes halogenated alkanes) is 5. The molecule has 0 spiro atoms. The van der Waals surface area contributed by atoms with Crippen molar-refractivity contribution in [3.05, 3.63) is 64.2 Å². The van der Waals surface area contributed by atoms with Crippen LogP contribution in [0, 0.1) is 27.7 Å². The predicted octanol–water partition coefficient (Wildman–Crippen LogP) is 8.44. The first-order valence-corrected chi connectivity index (χ1v) is 17.4. The Morgan fingerprint density at radius 2 is 1.48 bits per heavy atom. The Morgan fingerprint density at radius 1 is 0.886 bits per heavy atom. The van der Waals surface area contributed by atoms with Crippen molar-refractivity contribution in [1.29, 1.82) is 0 Å². The molecule has 0 aliphatic rings. The van der Waals surface area contributed by atoms with Crippen molar-refractivity contribution in [3.8, 4) is 0 Å². The maximum Gasteiger partial charge on any atom is 0.408 e. The van der Waals surface area contributed by atoms with Crippen LogP contribution in [0.3, 0.4) is 0 Å². The van der Waals surface area contributed by atoms with Crippen LogP contribution >= 0.6 is 11.8 Å². The molecule has 8 heteroatoms. The van der Waals surface area contributed by atoms with E-state index in [1.807, 2.05) is 70.3 Å². The highest BCUT2D eigenvalue weighted by molar-refractivity contribution is 7.98. The van der Waals surface area contributed by atoms with Gasteiger partial charge in [0.2, 0.25) is 5.91 Å². The summed E-state index contributed by atoms with van der Waals surface area (Å²) < 4.78 is 5.54. The standard InChI is InChI=1S/C36H55N3O4S/c1-10-11-12-13-14-15-23-39(34(41)30(22-24-44-9)37-35(42)43-36(6,7)8)32(29-21-17-18-25(2)28(29)5)33(40)38-31-26(3)19-16-20-27(31)4/h16-21,30,32H,10-15,22-24H2,1-9H3,(H,37,42)(H,38,40). The van der Waals surface area contributed by atoms with Gasteiger partial charge in [0.1, 0.15) is 17.7 Å². The molecule has 7 nitrogen and oxygen atoms in total. The minimum atomic E-state index is -0.880. The molecule has 2 aromatic rings. The summed E-state index contributed by atoms with van der Waals surface area (Å²) in [4.78, 5) is 43.6. The third-order valence-corrected chi connectivity index (χ3v) is 8.51. The van der Waals surface area contributed by atoms with E-state index >= 15 is 0 Å². The van der Waals surface area contributed by atoms with E-state index < -0.39 is 23.8 Å². The molecule has 2 aromatic carbocycles. The van der Waals surface area contributed by atoms with Gasteiger partial charge in [0.25, 0.3) is 5.91 Å². The molecule has 2 N–H and O–H groups in total. The average Bonchev–Trinajstić information content (AvgIpc) is 2.95. The van der Waals surface area contributed by atoms with Crippen LogP contribution in [0.1, 0.15) is 106 Å². The molecule has 0 radical (unpaired) electrons. The fraction of sp³-hybridized carbons (Fsp3) is 0.583. The highest BCUT2D eigenvalue weighted by atomic mass is 32.2. The van der Waals surface area contributed by atoms with Crippen LogP contribution < -0.4 is 10.6 Å². The summed E-state index contributed by atoms with van der Waals surface area (Å²) in [7, 11) is 0. The Morgan fingerprint density at radius 3 is 2.09 bits per heavy atom. The van der Waals surface area contributed by atoms with Gasteiger partial charge in [0.05, 0.1) is 0 Å². The van der Waals surface area contributed by atoms with Crippen molar-refractivity contribution in [2.24, 2.45) is 0 Å². The van der Waals surface area contributed by atoms with E-state index in [0.717, 1.165) is 65.6 Å². The number of carbonyl (C=O) groups is 3. The molecule has 0 aliphatic heterocycles. The quantitative estimate of drug-likeness (QED) is 0.183. The molecule has 0 aromatic heterocycles. The number of nitrogens with one attached hydrogen (secondary N) is 2. The molecule has 0 heterocycles. The number of carbonyl (C=O) groups excluding carboxylic acids is 3. The van der Waals surface area contributed by atoms with E-state index in [1.165, 1.54) is 6.42 Å². The van der Waals surface area contributed by atoms with Crippen molar-refractivity contribution < 1.29 is 19.1 Å². The van der Waals surface area contributed by atoms with E-state index in [0.29, 0.717) is 18.7 Å². The van der Waals surface area contributed by atoms with E-state index in [9.17, 15) is 14.4 Å². The van der Waals surface area contributed by atoms with E-state index in [-0.39, 0.29) is 11.8 Å². The number of nitrogens with zero attached hydrogens (tertiary/aromatic N) is 1. The number of thioether (sulfide) groups is 1. The number of hydrogen-bond donors (Lipinski definition) is 2. The molecule has 3 amide bonds. The van der Waals surface area contributed by atoms with Gasteiger partial charge in [-0.05, 0) is 101 Å². The normalized spacial score (nSPS) is 12.8. The molecule has 44 heavy (non-hydrogen) atoms. The fourth-order valence-corrected chi connectivity index (χ4v) is 5.77. The third kappa shape index (κ3) is 11.5. The highest BCUT2D eigenvalue weighted by Gasteiger charge is 2.37. The SMILES string of the molecule is CCCCCCCCN(C(=O)C(CCSC)NC(=O)OC(C)(C)C)C(C(=O)Nc1c(C)cccc1C)c1cccc(C)c1C. The first-order valence-electron chi connectivity index (χ1n) is 16.0. The predicted molar refractivity (Wildman–Crippen MR) is 184 cm³/mol. The molecule has 2 unspecified atom stereocenters. The minimum absolute atomic E-state index is 0.267. The smallest absolute Gasteiger partial charge is 0.408 e. The Balaban J connectivity index is 2.60. The van der Waals surface area contributed by atoms with Gasteiger partial charge in [-0.3, -0.25) is 9.59 Å². The van der Waals surface area contributed by atoms with Crippen LogP contribution in [-0.4, -0.2) is 53.0 Å². The molecular weight excluding hydrogens is 570 g/mol. The molecule has 2 rings (SSSR count). The van der Waals surface area contributed by atoms with Crippen LogP contribution in [0.4, 0.5) is 10.5 Å². The Kier molecular flexibility index (Phi) is 15.3. The average molecular weight is 626 g/mol. The van der Waals surface area contributed by atoms with Gasteiger partial charge in [0.15, 0.2) is 0 Å². The van der Waals surface area contributed by atoms with Gasteiger partial charge in [0, 0.05) is 12.2 Å². The number of alkyl carbamates (subject to hydrolysis) is 1. The zero-order chi connectivity index (χ0) is 32.9. The van der Waals surface area contributed by atoms with Crippen LogP contribution in [0.5, 0.6) is 0 Å². The Bertz CT molecular complexity index is 1220. The molecule has 0 saturated heterocycles. The molecule has 0 saturated carbocycles. The molecule has 0 aliphatic carbocycles. The zero-order valence-electron chi connectivity index (χ0n) is 28.5. The molecule has 244 valence electrons. The maximum atomic E-state index is 14.6. The van der Waals surface area contributed by atoms with Gasteiger partial charge in [-0.1, -0.05) is 75.4 Å². The molecule has 0 fully saturated rings. The summed E-state index contributed by atoms with van der Waals surface area (Å²) in [5, 5.41) is 6.03. The number of hydrogen-bond acceptors (Lipinski definition) is 5. The third-order valence-electron chi connectivity index (χ3n) is 7.87. The van der Waals surface area contributed by atoms with E-state index in [1.54, 1.807) is 37.4 Å². The second-order valence-corrected chi connectivity index (χ2v) is 13.7. The monoisotopic (exact) mass is 625 g/mol. The summed E-state index contributed by atoms with van der Waals surface area (Å²) >= 11 is 1.61. The van der Waals surface area contributed by atoms with Crippen molar-refractivity contribution in [2.75, 3.05) is 23.9 Å². The lowest BCUT2D eigenvalue weighted by Crippen LogP contribution is -2.53. The van der Waals surface area contributed by atoms with E-state index in [4.69, 9.17) is 4.74 Å². The summed E-state index contributed by atoms with van der Waals surface area (Å²) in [5.41, 5.74) is 4.76. The first kappa shape index (κ1) is 37.2.